The summed E-state index contributed by atoms with van der Waals surface area (Å²) < 4.78 is 1.89. The second kappa shape index (κ2) is 5.63. The predicted molar refractivity (Wildman–Crippen MR) is 76.7 cm³/mol. The number of hydrogen-bond acceptors (Lipinski definition) is 3. The van der Waals surface area contributed by atoms with Gasteiger partial charge in [0.25, 0.3) is 0 Å². The van der Waals surface area contributed by atoms with Gasteiger partial charge in [0.05, 0.1) is 11.4 Å². The summed E-state index contributed by atoms with van der Waals surface area (Å²) in [5.41, 5.74) is 7.97. The largest absolute Gasteiger partial charge is 0.394 e. The Bertz CT molecular complexity index is 389. The second-order valence-electron chi connectivity index (χ2n) is 5.46. The molecule has 4 heteroatoms. The molecule has 0 unspecified atom stereocenters. The number of nitrogens with zero attached hydrogens (tertiary/aromatic N) is 2. The van der Waals surface area contributed by atoms with E-state index in [4.69, 9.17) is 5.73 Å². The van der Waals surface area contributed by atoms with Crippen molar-refractivity contribution in [1.82, 2.24) is 9.78 Å². The molecule has 0 radical (unpaired) electrons. The highest BCUT2D eigenvalue weighted by atomic mass is 15.3. The van der Waals surface area contributed by atoms with Crippen molar-refractivity contribution in [2.24, 2.45) is 13.0 Å². The number of anilines is 2. The Morgan fingerprint density at radius 2 is 1.94 bits per heavy atom. The van der Waals surface area contributed by atoms with E-state index in [-0.39, 0.29) is 0 Å². The molecule has 1 aliphatic carbocycles. The molecule has 1 aromatic heterocycles. The molecule has 0 bridgehead atoms. The number of aryl methyl sites for hydroxylation is 2. The van der Waals surface area contributed by atoms with E-state index in [1.54, 1.807) is 0 Å². The second-order valence-corrected chi connectivity index (χ2v) is 5.46. The van der Waals surface area contributed by atoms with Crippen molar-refractivity contribution in [3.8, 4) is 0 Å². The first kappa shape index (κ1) is 13.2. The third-order valence-electron chi connectivity index (χ3n) is 4.26. The van der Waals surface area contributed by atoms with Crippen molar-refractivity contribution in [3.63, 3.8) is 0 Å². The van der Waals surface area contributed by atoms with Gasteiger partial charge in [-0.05, 0) is 38.0 Å². The monoisotopic (exact) mass is 250 g/mol. The molecule has 1 saturated carbocycles. The van der Waals surface area contributed by atoms with Crippen LogP contribution in [0, 0.1) is 5.92 Å². The van der Waals surface area contributed by atoms with Crippen molar-refractivity contribution in [1.29, 1.82) is 0 Å². The van der Waals surface area contributed by atoms with Crippen molar-refractivity contribution in [2.75, 3.05) is 11.1 Å². The van der Waals surface area contributed by atoms with Gasteiger partial charge in [-0.1, -0.05) is 20.3 Å². The molecule has 0 aliphatic heterocycles. The zero-order chi connectivity index (χ0) is 13.1. The molecule has 0 saturated heterocycles. The maximum Gasteiger partial charge on any atom is 0.147 e. The normalized spacial score (nSPS) is 24.2. The van der Waals surface area contributed by atoms with Gasteiger partial charge >= 0.3 is 0 Å². The van der Waals surface area contributed by atoms with E-state index in [1.165, 1.54) is 32.1 Å². The van der Waals surface area contributed by atoms with Crippen LogP contribution in [-0.2, 0) is 13.5 Å². The zero-order valence-corrected chi connectivity index (χ0v) is 11.9. The van der Waals surface area contributed by atoms with E-state index in [9.17, 15) is 0 Å². The van der Waals surface area contributed by atoms with Gasteiger partial charge in [0.2, 0.25) is 0 Å². The van der Waals surface area contributed by atoms with Crippen LogP contribution in [0.2, 0.25) is 0 Å². The topological polar surface area (TPSA) is 55.9 Å². The van der Waals surface area contributed by atoms with Crippen LogP contribution in [0.5, 0.6) is 0 Å². The first-order valence-corrected chi connectivity index (χ1v) is 7.23. The predicted octanol–water partition coefficient (Wildman–Crippen LogP) is 2.95. The first-order chi connectivity index (χ1) is 8.65. The van der Waals surface area contributed by atoms with Crippen LogP contribution >= 0.6 is 0 Å². The highest BCUT2D eigenvalue weighted by Gasteiger charge is 2.22. The summed E-state index contributed by atoms with van der Waals surface area (Å²) in [6.07, 6.45) is 7.40. The number of hydrogen-bond donors (Lipinski definition) is 2. The number of nitrogen functional groups attached to an aromatic ring is 1. The fourth-order valence-electron chi connectivity index (χ4n) is 2.94. The Hall–Kier alpha value is -1.19. The lowest BCUT2D eigenvalue weighted by Crippen LogP contribution is -2.27. The molecule has 1 heterocycles. The van der Waals surface area contributed by atoms with Gasteiger partial charge in [-0.15, -0.1) is 0 Å². The molecule has 2 rings (SSSR count). The first-order valence-electron chi connectivity index (χ1n) is 7.23. The summed E-state index contributed by atoms with van der Waals surface area (Å²) in [7, 11) is 1.97. The lowest BCUT2D eigenvalue weighted by Gasteiger charge is -2.29. The minimum Gasteiger partial charge on any atom is -0.394 e. The Balaban J connectivity index is 2.00. The van der Waals surface area contributed by atoms with E-state index < -0.39 is 0 Å². The third-order valence-corrected chi connectivity index (χ3v) is 4.26. The minimum atomic E-state index is 0.565. The van der Waals surface area contributed by atoms with Crippen LogP contribution in [0.4, 0.5) is 11.5 Å². The summed E-state index contributed by atoms with van der Waals surface area (Å²) in [6.45, 7) is 4.39. The van der Waals surface area contributed by atoms with Gasteiger partial charge in [-0.3, -0.25) is 4.68 Å². The van der Waals surface area contributed by atoms with Crippen LogP contribution in [-0.4, -0.2) is 15.8 Å². The average Bonchev–Trinajstić information content (AvgIpc) is 2.67. The molecule has 0 spiro atoms. The molecule has 18 heavy (non-hydrogen) atoms. The molecule has 1 aromatic rings. The summed E-state index contributed by atoms with van der Waals surface area (Å²) in [4.78, 5) is 0. The summed E-state index contributed by atoms with van der Waals surface area (Å²) in [6, 6.07) is 0.565. The SMILES string of the molecule is CCc1nn(C)c(NC2CCC(CC)CC2)c1N. The molecule has 0 atom stereocenters. The Labute approximate surface area is 110 Å². The highest BCUT2D eigenvalue weighted by Crippen LogP contribution is 2.30. The van der Waals surface area contributed by atoms with Crippen molar-refractivity contribution in [2.45, 2.75) is 58.4 Å². The summed E-state index contributed by atoms with van der Waals surface area (Å²) in [5, 5.41) is 8.05. The fraction of sp³-hybridized carbons (Fsp3) is 0.786. The molecule has 4 nitrogen and oxygen atoms in total. The Morgan fingerprint density at radius 3 is 2.44 bits per heavy atom. The Kier molecular flexibility index (Phi) is 4.15. The van der Waals surface area contributed by atoms with Gasteiger partial charge in [-0.2, -0.15) is 5.10 Å². The number of nitrogens with one attached hydrogen (secondary N) is 1. The van der Waals surface area contributed by atoms with Crippen molar-refractivity contribution < 1.29 is 0 Å². The van der Waals surface area contributed by atoms with Crippen molar-refractivity contribution in [3.05, 3.63) is 5.69 Å². The quantitative estimate of drug-likeness (QED) is 0.864. The van der Waals surface area contributed by atoms with E-state index in [2.05, 4.69) is 24.3 Å². The lowest BCUT2D eigenvalue weighted by molar-refractivity contribution is 0.329. The minimum absolute atomic E-state index is 0.565. The average molecular weight is 250 g/mol. The van der Waals surface area contributed by atoms with Gasteiger partial charge in [0, 0.05) is 13.1 Å². The molecule has 3 N–H and O–H groups in total. The summed E-state index contributed by atoms with van der Waals surface area (Å²) >= 11 is 0. The van der Waals surface area contributed by atoms with Crippen molar-refractivity contribution >= 4 is 11.5 Å². The molecule has 1 aliphatic rings. The fourth-order valence-corrected chi connectivity index (χ4v) is 2.94. The van der Waals surface area contributed by atoms with Crippen LogP contribution in [0.25, 0.3) is 0 Å². The van der Waals surface area contributed by atoms with E-state index >= 15 is 0 Å². The van der Waals surface area contributed by atoms with E-state index in [1.807, 2.05) is 11.7 Å². The molecule has 0 amide bonds. The number of aromatic nitrogens is 2. The van der Waals surface area contributed by atoms with Crippen LogP contribution < -0.4 is 11.1 Å². The molecule has 1 fully saturated rings. The molecule has 102 valence electrons. The van der Waals surface area contributed by atoms with Gasteiger partial charge < -0.3 is 11.1 Å². The van der Waals surface area contributed by atoms with Gasteiger partial charge in [0.1, 0.15) is 5.82 Å². The summed E-state index contributed by atoms with van der Waals surface area (Å²) in [5.74, 6) is 1.94. The smallest absolute Gasteiger partial charge is 0.147 e. The molecular weight excluding hydrogens is 224 g/mol. The highest BCUT2D eigenvalue weighted by molar-refractivity contribution is 5.65. The molecular formula is C14H26N4. The number of rotatable bonds is 4. The van der Waals surface area contributed by atoms with Crippen LogP contribution in [0.3, 0.4) is 0 Å². The molecule has 0 aromatic carbocycles. The van der Waals surface area contributed by atoms with Gasteiger partial charge in [-0.25, -0.2) is 0 Å². The van der Waals surface area contributed by atoms with Crippen LogP contribution in [0.1, 0.15) is 51.6 Å². The zero-order valence-electron chi connectivity index (χ0n) is 11.9. The maximum atomic E-state index is 6.14. The van der Waals surface area contributed by atoms with E-state index in [0.717, 1.165) is 29.5 Å². The van der Waals surface area contributed by atoms with E-state index in [0.29, 0.717) is 6.04 Å². The Morgan fingerprint density at radius 1 is 1.28 bits per heavy atom. The number of nitrogens with two attached hydrogens (primary N) is 1. The lowest BCUT2D eigenvalue weighted by atomic mass is 9.84. The maximum absolute atomic E-state index is 6.14. The van der Waals surface area contributed by atoms with Gasteiger partial charge in [0.15, 0.2) is 0 Å². The van der Waals surface area contributed by atoms with Crippen LogP contribution in [0.15, 0.2) is 0 Å². The third kappa shape index (κ3) is 2.62. The standard InChI is InChI=1S/C14H26N4/c1-4-10-6-8-11(9-7-10)16-14-13(15)12(5-2)17-18(14)3/h10-11,16H,4-9,15H2,1-3H3.